The van der Waals surface area contributed by atoms with Crippen molar-refractivity contribution in [2.75, 3.05) is 23.8 Å². The molecule has 2 aromatic rings. The number of nitrogens with zero attached hydrogens (tertiary/aromatic N) is 3. The molecule has 0 atom stereocenters. The van der Waals surface area contributed by atoms with Gasteiger partial charge in [0.2, 0.25) is 0 Å². The van der Waals surface area contributed by atoms with Crippen molar-refractivity contribution in [1.82, 2.24) is 4.98 Å². The van der Waals surface area contributed by atoms with Gasteiger partial charge in [-0.1, -0.05) is 6.92 Å². The summed E-state index contributed by atoms with van der Waals surface area (Å²) < 4.78 is 0. The minimum Gasteiger partial charge on any atom is -0.370 e. The molecule has 4 heteroatoms. The molecule has 0 saturated heterocycles. The Morgan fingerprint density at radius 3 is 2.60 bits per heavy atom. The number of rotatable bonds is 5. The Bertz CT molecular complexity index is 599. The van der Waals surface area contributed by atoms with Crippen molar-refractivity contribution in [3.63, 3.8) is 0 Å². The molecule has 1 aromatic heterocycles. The average Bonchev–Trinajstić information content (AvgIpc) is 2.52. The Labute approximate surface area is 119 Å². The first-order chi connectivity index (χ1) is 9.74. The number of hydrogen-bond acceptors (Lipinski definition) is 4. The van der Waals surface area contributed by atoms with Gasteiger partial charge in [-0.15, -0.1) is 0 Å². The maximum Gasteiger partial charge on any atom is 0.127 e. The van der Waals surface area contributed by atoms with Gasteiger partial charge in [0.15, 0.2) is 0 Å². The highest BCUT2D eigenvalue weighted by Gasteiger charge is 2.05. The van der Waals surface area contributed by atoms with Crippen molar-refractivity contribution in [3.05, 3.63) is 48.2 Å². The minimum atomic E-state index is 0.669. The quantitative estimate of drug-likeness (QED) is 0.899. The fourth-order valence-electron chi connectivity index (χ4n) is 1.89. The van der Waals surface area contributed by atoms with Crippen molar-refractivity contribution >= 4 is 17.2 Å². The summed E-state index contributed by atoms with van der Waals surface area (Å²) in [4.78, 5) is 6.37. The molecule has 0 amide bonds. The second-order valence-electron chi connectivity index (χ2n) is 4.54. The first-order valence-electron chi connectivity index (χ1n) is 6.68. The summed E-state index contributed by atoms with van der Waals surface area (Å²) in [5.74, 6) is 0.879. The number of anilines is 3. The molecular formula is C16H18N4. The SMILES string of the molecule is CCCNc1cc(N(C)c2ccc(C#N)cc2)ccn1. The molecule has 1 aromatic carbocycles. The van der Waals surface area contributed by atoms with Crippen molar-refractivity contribution in [3.8, 4) is 6.07 Å². The highest BCUT2D eigenvalue weighted by molar-refractivity contribution is 5.65. The van der Waals surface area contributed by atoms with Crippen LogP contribution in [0.5, 0.6) is 0 Å². The zero-order valence-corrected chi connectivity index (χ0v) is 11.8. The van der Waals surface area contributed by atoms with Gasteiger partial charge in [0.05, 0.1) is 11.6 Å². The van der Waals surface area contributed by atoms with E-state index in [4.69, 9.17) is 5.26 Å². The monoisotopic (exact) mass is 266 g/mol. The van der Waals surface area contributed by atoms with E-state index in [-0.39, 0.29) is 0 Å². The van der Waals surface area contributed by atoms with E-state index in [1.807, 2.05) is 43.4 Å². The van der Waals surface area contributed by atoms with Gasteiger partial charge in [0.25, 0.3) is 0 Å². The van der Waals surface area contributed by atoms with Crippen LogP contribution in [0.1, 0.15) is 18.9 Å². The van der Waals surface area contributed by atoms with Gasteiger partial charge < -0.3 is 10.2 Å². The number of hydrogen-bond donors (Lipinski definition) is 1. The molecule has 0 aliphatic carbocycles. The standard InChI is InChI=1S/C16H18N4/c1-3-9-18-16-11-15(8-10-19-16)20(2)14-6-4-13(12-17)5-7-14/h4-8,10-11H,3,9H2,1-2H3,(H,18,19). The average molecular weight is 266 g/mol. The van der Waals surface area contributed by atoms with Crippen molar-refractivity contribution in [2.24, 2.45) is 0 Å². The lowest BCUT2D eigenvalue weighted by molar-refractivity contribution is 0.968. The molecular weight excluding hydrogens is 248 g/mol. The molecule has 2 rings (SSSR count). The van der Waals surface area contributed by atoms with Crippen LogP contribution < -0.4 is 10.2 Å². The van der Waals surface area contributed by atoms with E-state index in [0.717, 1.165) is 30.2 Å². The number of aromatic nitrogens is 1. The third-order valence-corrected chi connectivity index (χ3v) is 3.07. The predicted octanol–water partition coefficient (Wildman–Crippen LogP) is 3.54. The van der Waals surface area contributed by atoms with Crippen LogP contribution in [0.4, 0.5) is 17.2 Å². The second-order valence-corrected chi connectivity index (χ2v) is 4.54. The highest BCUT2D eigenvalue weighted by Crippen LogP contribution is 2.24. The van der Waals surface area contributed by atoms with Crippen LogP contribution in [-0.2, 0) is 0 Å². The molecule has 0 unspecified atom stereocenters. The van der Waals surface area contributed by atoms with Crippen LogP contribution in [0.3, 0.4) is 0 Å². The first-order valence-corrected chi connectivity index (χ1v) is 6.68. The second kappa shape index (κ2) is 6.58. The summed E-state index contributed by atoms with van der Waals surface area (Å²) in [5, 5.41) is 12.1. The third-order valence-electron chi connectivity index (χ3n) is 3.07. The lowest BCUT2D eigenvalue weighted by Gasteiger charge is -2.20. The van der Waals surface area contributed by atoms with Crippen LogP contribution in [0, 0.1) is 11.3 Å². The number of nitrogens with one attached hydrogen (secondary N) is 1. The molecule has 0 spiro atoms. The number of pyridine rings is 1. The largest absolute Gasteiger partial charge is 0.370 e. The summed E-state index contributed by atoms with van der Waals surface area (Å²) in [6.45, 7) is 3.04. The van der Waals surface area contributed by atoms with E-state index in [2.05, 4.69) is 28.2 Å². The first kappa shape index (κ1) is 13.9. The zero-order valence-electron chi connectivity index (χ0n) is 11.8. The topological polar surface area (TPSA) is 52.0 Å². The van der Waals surface area contributed by atoms with Crippen molar-refractivity contribution in [1.29, 1.82) is 5.26 Å². The molecule has 0 aliphatic heterocycles. The van der Waals surface area contributed by atoms with E-state index in [9.17, 15) is 0 Å². The predicted molar refractivity (Wildman–Crippen MR) is 82.2 cm³/mol. The van der Waals surface area contributed by atoms with E-state index in [0.29, 0.717) is 5.56 Å². The van der Waals surface area contributed by atoms with Gasteiger partial charge in [0.1, 0.15) is 5.82 Å². The summed E-state index contributed by atoms with van der Waals surface area (Å²) in [7, 11) is 2.00. The fourth-order valence-corrected chi connectivity index (χ4v) is 1.89. The van der Waals surface area contributed by atoms with Gasteiger partial charge in [-0.2, -0.15) is 5.26 Å². The van der Waals surface area contributed by atoms with Gasteiger partial charge >= 0.3 is 0 Å². The highest BCUT2D eigenvalue weighted by atomic mass is 15.1. The smallest absolute Gasteiger partial charge is 0.127 e. The maximum atomic E-state index is 8.82. The zero-order chi connectivity index (χ0) is 14.4. The summed E-state index contributed by atoms with van der Waals surface area (Å²) in [6, 6.07) is 13.6. The lowest BCUT2D eigenvalue weighted by Crippen LogP contribution is -2.10. The Hall–Kier alpha value is -2.54. The molecule has 102 valence electrons. The molecule has 1 heterocycles. The van der Waals surface area contributed by atoms with E-state index in [1.54, 1.807) is 6.20 Å². The Kier molecular flexibility index (Phi) is 4.56. The van der Waals surface area contributed by atoms with Crippen molar-refractivity contribution in [2.45, 2.75) is 13.3 Å². The lowest BCUT2D eigenvalue weighted by atomic mass is 10.2. The van der Waals surface area contributed by atoms with E-state index >= 15 is 0 Å². The summed E-state index contributed by atoms with van der Waals surface area (Å²) >= 11 is 0. The van der Waals surface area contributed by atoms with Crippen LogP contribution in [-0.4, -0.2) is 18.6 Å². The molecule has 0 radical (unpaired) electrons. The van der Waals surface area contributed by atoms with Crippen LogP contribution >= 0.6 is 0 Å². The van der Waals surface area contributed by atoms with Crippen LogP contribution in [0.2, 0.25) is 0 Å². The number of benzene rings is 1. The van der Waals surface area contributed by atoms with Gasteiger partial charge in [-0.25, -0.2) is 4.98 Å². The Morgan fingerprint density at radius 1 is 1.20 bits per heavy atom. The fraction of sp³-hybridized carbons (Fsp3) is 0.250. The van der Waals surface area contributed by atoms with Gasteiger partial charge in [-0.3, -0.25) is 0 Å². The third kappa shape index (κ3) is 3.27. The summed E-state index contributed by atoms with van der Waals surface area (Å²) in [5.41, 5.74) is 2.77. The summed E-state index contributed by atoms with van der Waals surface area (Å²) in [6.07, 6.45) is 2.87. The molecule has 1 N–H and O–H groups in total. The van der Waals surface area contributed by atoms with E-state index < -0.39 is 0 Å². The number of nitriles is 1. The molecule has 0 fully saturated rings. The maximum absolute atomic E-state index is 8.82. The Morgan fingerprint density at radius 2 is 1.95 bits per heavy atom. The molecule has 0 aliphatic rings. The van der Waals surface area contributed by atoms with Crippen LogP contribution in [0.15, 0.2) is 42.6 Å². The Balaban J connectivity index is 2.19. The van der Waals surface area contributed by atoms with Crippen LogP contribution in [0.25, 0.3) is 0 Å². The molecule has 4 nitrogen and oxygen atoms in total. The normalized spacial score (nSPS) is 9.85. The molecule has 0 bridgehead atoms. The van der Waals surface area contributed by atoms with Crippen molar-refractivity contribution < 1.29 is 0 Å². The molecule has 20 heavy (non-hydrogen) atoms. The van der Waals surface area contributed by atoms with Gasteiger partial charge in [0, 0.05) is 37.2 Å². The van der Waals surface area contributed by atoms with E-state index in [1.165, 1.54) is 0 Å². The van der Waals surface area contributed by atoms with Gasteiger partial charge in [-0.05, 0) is 36.8 Å². The minimum absolute atomic E-state index is 0.669. The molecule has 0 saturated carbocycles.